The highest BCUT2D eigenvalue weighted by molar-refractivity contribution is 5.89. The predicted molar refractivity (Wildman–Crippen MR) is 92.9 cm³/mol. The number of carbonyl (C=O) groups excluding carboxylic acids is 1. The van der Waals surface area contributed by atoms with Crippen LogP contribution in [0.5, 0.6) is 0 Å². The van der Waals surface area contributed by atoms with E-state index in [2.05, 4.69) is 37.8 Å². The van der Waals surface area contributed by atoms with Gasteiger partial charge in [-0.1, -0.05) is 42.5 Å². The van der Waals surface area contributed by atoms with Gasteiger partial charge in [-0.15, -0.1) is 5.10 Å². The van der Waals surface area contributed by atoms with Crippen LogP contribution in [-0.2, 0) is 11.3 Å². The molecule has 2 N–H and O–H groups in total. The van der Waals surface area contributed by atoms with Gasteiger partial charge >= 0.3 is 0 Å². The molecule has 1 saturated heterocycles. The molecule has 0 bridgehead atoms. The van der Waals surface area contributed by atoms with Crippen LogP contribution in [0.4, 0.5) is 5.82 Å². The van der Waals surface area contributed by atoms with Crippen molar-refractivity contribution in [3.05, 3.63) is 42.2 Å². The lowest BCUT2D eigenvalue weighted by molar-refractivity contribution is -0.124. The molecule has 0 aliphatic carbocycles. The highest BCUT2D eigenvalue weighted by Gasteiger charge is 2.29. The van der Waals surface area contributed by atoms with Crippen LogP contribution in [-0.4, -0.2) is 43.5 Å². The lowest BCUT2D eigenvalue weighted by atomic mass is 9.94. The number of aromatic nitrogens is 5. The molecule has 2 aromatic heterocycles. The SMILES string of the molecule is CC1CCNC(=O)C1Nc1ncnc2c1nnn2Cc1ccccc1. The van der Waals surface area contributed by atoms with Gasteiger partial charge in [0.25, 0.3) is 0 Å². The molecule has 3 heterocycles. The zero-order valence-electron chi connectivity index (χ0n) is 13.9. The van der Waals surface area contributed by atoms with Crippen molar-refractivity contribution in [1.82, 2.24) is 30.3 Å². The Bertz CT molecular complexity index is 892. The lowest BCUT2D eigenvalue weighted by Gasteiger charge is -2.29. The van der Waals surface area contributed by atoms with Crippen molar-refractivity contribution in [2.45, 2.75) is 25.9 Å². The molecule has 128 valence electrons. The lowest BCUT2D eigenvalue weighted by Crippen LogP contribution is -2.49. The topological polar surface area (TPSA) is 97.6 Å². The third-order valence-corrected chi connectivity index (χ3v) is 4.52. The predicted octanol–water partition coefficient (Wildman–Crippen LogP) is 1.21. The van der Waals surface area contributed by atoms with Crippen LogP contribution in [0, 0.1) is 5.92 Å². The molecule has 1 amide bonds. The summed E-state index contributed by atoms with van der Waals surface area (Å²) in [5.74, 6) is 0.749. The van der Waals surface area contributed by atoms with E-state index in [9.17, 15) is 4.79 Å². The number of nitrogens with one attached hydrogen (secondary N) is 2. The molecule has 3 aromatic rings. The molecule has 1 aromatic carbocycles. The Balaban J connectivity index is 1.64. The number of hydrogen-bond donors (Lipinski definition) is 2. The molecular formula is C17H19N7O. The summed E-state index contributed by atoms with van der Waals surface area (Å²) in [6.07, 6.45) is 2.40. The van der Waals surface area contributed by atoms with Crippen molar-refractivity contribution in [1.29, 1.82) is 0 Å². The zero-order valence-corrected chi connectivity index (χ0v) is 13.9. The van der Waals surface area contributed by atoms with Crippen molar-refractivity contribution in [2.24, 2.45) is 5.92 Å². The third-order valence-electron chi connectivity index (χ3n) is 4.52. The van der Waals surface area contributed by atoms with Gasteiger partial charge in [0, 0.05) is 6.54 Å². The molecular weight excluding hydrogens is 318 g/mol. The van der Waals surface area contributed by atoms with Crippen LogP contribution in [0.25, 0.3) is 11.2 Å². The summed E-state index contributed by atoms with van der Waals surface area (Å²) in [7, 11) is 0. The number of piperidine rings is 1. The van der Waals surface area contributed by atoms with Crippen LogP contribution in [0.2, 0.25) is 0 Å². The Morgan fingerprint density at radius 1 is 1.28 bits per heavy atom. The summed E-state index contributed by atoms with van der Waals surface area (Å²) >= 11 is 0. The van der Waals surface area contributed by atoms with Gasteiger partial charge in [-0.25, -0.2) is 14.6 Å². The Hall–Kier alpha value is -3.03. The molecule has 8 heteroatoms. The number of amides is 1. The van der Waals surface area contributed by atoms with Gasteiger partial charge in [0.2, 0.25) is 5.91 Å². The monoisotopic (exact) mass is 337 g/mol. The second-order valence-electron chi connectivity index (χ2n) is 6.31. The minimum absolute atomic E-state index is 0.0119. The molecule has 2 atom stereocenters. The maximum absolute atomic E-state index is 12.1. The normalized spacial score (nSPS) is 20.4. The molecule has 1 aliphatic rings. The van der Waals surface area contributed by atoms with Gasteiger partial charge in [0.1, 0.15) is 12.4 Å². The highest BCUT2D eigenvalue weighted by Crippen LogP contribution is 2.21. The van der Waals surface area contributed by atoms with E-state index in [1.165, 1.54) is 6.33 Å². The molecule has 1 fully saturated rings. The average molecular weight is 337 g/mol. The Morgan fingerprint density at radius 3 is 2.92 bits per heavy atom. The Morgan fingerprint density at radius 2 is 2.12 bits per heavy atom. The van der Waals surface area contributed by atoms with Gasteiger partial charge in [0.05, 0.1) is 6.54 Å². The first-order valence-corrected chi connectivity index (χ1v) is 8.35. The summed E-state index contributed by atoms with van der Waals surface area (Å²) < 4.78 is 1.74. The van der Waals surface area contributed by atoms with E-state index in [-0.39, 0.29) is 17.9 Å². The van der Waals surface area contributed by atoms with E-state index in [4.69, 9.17) is 0 Å². The smallest absolute Gasteiger partial charge is 0.242 e. The minimum Gasteiger partial charge on any atom is -0.356 e. The Kier molecular flexibility index (Phi) is 4.01. The summed E-state index contributed by atoms with van der Waals surface area (Å²) in [6, 6.07) is 9.68. The van der Waals surface area contributed by atoms with E-state index in [0.29, 0.717) is 30.1 Å². The number of nitrogens with zero attached hydrogens (tertiary/aromatic N) is 5. The van der Waals surface area contributed by atoms with Gasteiger partial charge in [-0.05, 0) is 17.9 Å². The van der Waals surface area contributed by atoms with Crippen LogP contribution in [0.1, 0.15) is 18.9 Å². The van der Waals surface area contributed by atoms with E-state index in [0.717, 1.165) is 12.0 Å². The van der Waals surface area contributed by atoms with Crippen molar-refractivity contribution >= 4 is 22.9 Å². The highest BCUT2D eigenvalue weighted by atomic mass is 16.2. The number of hydrogen-bond acceptors (Lipinski definition) is 6. The van der Waals surface area contributed by atoms with Gasteiger partial charge < -0.3 is 10.6 Å². The molecule has 0 radical (unpaired) electrons. The first-order chi connectivity index (χ1) is 12.2. The first kappa shape index (κ1) is 15.5. The summed E-state index contributed by atoms with van der Waals surface area (Å²) in [4.78, 5) is 20.7. The summed E-state index contributed by atoms with van der Waals surface area (Å²) in [5.41, 5.74) is 2.33. The van der Waals surface area contributed by atoms with Crippen molar-refractivity contribution in [2.75, 3.05) is 11.9 Å². The maximum Gasteiger partial charge on any atom is 0.242 e. The van der Waals surface area contributed by atoms with E-state index >= 15 is 0 Å². The number of carbonyl (C=O) groups is 1. The number of rotatable bonds is 4. The summed E-state index contributed by atoms with van der Waals surface area (Å²) in [5, 5.41) is 14.5. The second-order valence-corrected chi connectivity index (χ2v) is 6.31. The quantitative estimate of drug-likeness (QED) is 0.742. The molecule has 4 rings (SSSR count). The molecule has 8 nitrogen and oxygen atoms in total. The number of benzene rings is 1. The number of anilines is 1. The fourth-order valence-electron chi connectivity index (χ4n) is 3.07. The molecule has 0 saturated carbocycles. The minimum atomic E-state index is -0.328. The van der Waals surface area contributed by atoms with Crippen LogP contribution in [0.3, 0.4) is 0 Å². The van der Waals surface area contributed by atoms with Crippen LogP contribution >= 0.6 is 0 Å². The van der Waals surface area contributed by atoms with Gasteiger partial charge in [-0.2, -0.15) is 0 Å². The Labute approximate surface area is 144 Å². The van der Waals surface area contributed by atoms with Gasteiger partial charge in [-0.3, -0.25) is 4.79 Å². The van der Waals surface area contributed by atoms with Crippen molar-refractivity contribution < 1.29 is 4.79 Å². The summed E-state index contributed by atoms with van der Waals surface area (Å²) in [6.45, 7) is 3.35. The number of fused-ring (bicyclic) bond motifs is 1. The van der Waals surface area contributed by atoms with Gasteiger partial charge in [0.15, 0.2) is 17.0 Å². The van der Waals surface area contributed by atoms with E-state index in [1.807, 2.05) is 30.3 Å². The third kappa shape index (κ3) is 3.02. The van der Waals surface area contributed by atoms with Crippen LogP contribution in [0.15, 0.2) is 36.7 Å². The second kappa shape index (κ2) is 6.46. The largest absolute Gasteiger partial charge is 0.356 e. The standard InChI is InChI=1S/C17H19N7O/c1-11-7-8-18-17(25)13(11)21-15-14-16(20-10-19-15)24(23-22-14)9-12-5-3-2-4-6-12/h2-6,10-11,13H,7-9H2,1H3,(H,18,25)(H,19,20,21). The molecule has 2 unspecified atom stereocenters. The van der Waals surface area contributed by atoms with E-state index in [1.54, 1.807) is 4.68 Å². The fraction of sp³-hybridized carbons (Fsp3) is 0.353. The van der Waals surface area contributed by atoms with Crippen molar-refractivity contribution in [3.63, 3.8) is 0 Å². The first-order valence-electron chi connectivity index (χ1n) is 8.35. The fourth-order valence-corrected chi connectivity index (χ4v) is 3.07. The maximum atomic E-state index is 12.1. The molecule has 25 heavy (non-hydrogen) atoms. The van der Waals surface area contributed by atoms with Crippen molar-refractivity contribution in [3.8, 4) is 0 Å². The average Bonchev–Trinajstić information content (AvgIpc) is 3.03. The molecule has 0 spiro atoms. The van der Waals surface area contributed by atoms with Crippen LogP contribution < -0.4 is 10.6 Å². The van der Waals surface area contributed by atoms with E-state index < -0.39 is 0 Å². The molecule has 1 aliphatic heterocycles. The zero-order chi connectivity index (χ0) is 17.2.